The van der Waals surface area contributed by atoms with E-state index in [0.717, 1.165) is 18.4 Å². The van der Waals surface area contributed by atoms with E-state index >= 15 is 0 Å². The minimum Gasteiger partial charge on any atom is -0.361 e. The van der Waals surface area contributed by atoms with Gasteiger partial charge in [-0.25, -0.2) is 4.39 Å². The van der Waals surface area contributed by atoms with Crippen LogP contribution in [0, 0.1) is 5.82 Å². The lowest BCUT2D eigenvalue weighted by Gasteiger charge is -2.02. The molecule has 0 radical (unpaired) electrons. The summed E-state index contributed by atoms with van der Waals surface area (Å²) in [5, 5.41) is 1.27. The number of carbonyl (C=O) groups excluding carboxylic acids is 1. The number of nitrogens with one attached hydrogen (secondary N) is 1. The van der Waals surface area contributed by atoms with Crippen molar-refractivity contribution >= 4 is 16.7 Å². The molecule has 1 N–H and O–H groups in total. The average molecular weight is 359 g/mol. The van der Waals surface area contributed by atoms with Gasteiger partial charge in [0.1, 0.15) is 5.82 Å². The molecule has 2 aromatic heterocycles. The Bertz CT molecular complexity index is 1070. The molecule has 27 heavy (non-hydrogen) atoms. The maximum absolute atomic E-state index is 13.0. The number of aromatic nitrogens is 2. The Morgan fingerprint density at radius 1 is 0.926 bits per heavy atom. The number of halogens is 1. The second-order valence-corrected chi connectivity index (χ2v) is 6.67. The van der Waals surface area contributed by atoms with Crippen LogP contribution >= 0.6 is 0 Å². The Morgan fingerprint density at radius 2 is 1.67 bits per heavy atom. The normalized spacial score (nSPS) is 11.0. The van der Waals surface area contributed by atoms with Crippen LogP contribution in [0.25, 0.3) is 10.9 Å². The van der Waals surface area contributed by atoms with Crippen LogP contribution in [-0.4, -0.2) is 10.8 Å². The zero-order valence-electron chi connectivity index (χ0n) is 14.9. The fourth-order valence-corrected chi connectivity index (χ4v) is 3.27. The first kappa shape index (κ1) is 17.2. The van der Waals surface area contributed by atoms with Crippen LogP contribution in [0.3, 0.4) is 0 Å². The molecule has 0 unspecified atom stereocenters. The van der Waals surface area contributed by atoms with E-state index in [-0.39, 0.29) is 18.1 Å². The third kappa shape index (κ3) is 3.95. The summed E-state index contributed by atoms with van der Waals surface area (Å²) in [6.45, 7) is 0.244. The Hall–Kier alpha value is -3.27. The molecule has 3 nitrogen and oxygen atoms in total. The molecular weight excluding hydrogens is 339 g/mol. The van der Waals surface area contributed by atoms with Crippen LogP contribution < -0.4 is 4.57 Å². The first-order valence-electron chi connectivity index (χ1n) is 9.01. The minimum absolute atomic E-state index is 0.0356. The molecule has 4 heteroatoms. The van der Waals surface area contributed by atoms with Gasteiger partial charge in [0.15, 0.2) is 12.4 Å². The molecule has 134 valence electrons. The summed E-state index contributed by atoms with van der Waals surface area (Å²) < 4.78 is 14.8. The summed E-state index contributed by atoms with van der Waals surface area (Å²) in [5.41, 5.74) is 4.23. The number of benzene rings is 2. The highest BCUT2D eigenvalue weighted by Gasteiger charge is 2.12. The van der Waals surface area contributed by atoms with Gasteiger partial charge in [0.05, 0.1) is 0 Å². The van der Waals surface area contributed by atoms with Gasteiger partial charge < -0.3 is 4.98 Å². The number of carbonyl (C=O) groups is 1. The van der Waals surface area contributed by atoms with Crippen molar-refractivity contribution in [3.05, 3.63) is 102 Å². The van der Waals surface area contributed by atoms with Gasteiger partial charge in [0.25, 0.3) is 0 Å². The summed E-state index contributed by atoms with van der Waals surface area (Å²) in [4.78, 5) is 15.6. The predicted octanol–water partition coefficient (Wildman–Crippen LogP) is 4.26. The Kier molecular flexibility index (Phi) is 4.79. The smallest absolute Gasteiger partial charge is 0.227 e. The summed E-state index contributed by atoms with van der Waals surface area (Å²) in [7, 11) is 0. The molecule has 0 saturated carbocycles. The monoisotopic (exact) mass is 359 g/mol. The quantitative estimate of drug-likeness (QED) is 0.405. The van der Waals surface area contributed by atoms with Gasteiger partial charge in [0, 0.05) is 34.8 Å². The molecule has 0 bridgehead atoms. The molecule has 0 amide bonds. The van der Waals surface area contributed by atoms with Crippen molar-refractivity contribution < 1.29 is 13.8 Å². The van der Waals surface area contributed by atoms with Crippen molar-refractivity contribution in [3.63, 3.8) is 0 Å². The van der Waals surface area contributed by atoms with E-state index in [1.165, 1.54) is 40.8 Å². The van der Waals surface area contributed by atoms with E-state index in [4.69, 9.17) is 0 Å². The van der Waals surface area contributed by atoms with E-state index in [9.17, 15) is 9.18 Å². The number of rotatable bonds is 6. The fraction of sp³-hybridized carbons (Fsp3) is 0.130. The van der Waals surface area contributed by atoms with Gasteiger partial charge in [-0.15, -0.1) is 0 Å². The summed E-state index contributed by atoms with van der Waals surface area (Å²) in [6.07, 6.45) is 7.82. The molecule has 0 atom stereocenters. The van der Waals surface area contributed by atoms with Crippen molar-refractivity contribution in [3.8, 4) is 0 Å². The number of aryl methyl sites for hydroxylation is 2. The Balaban J connectivity index is 1.38. The van der Waals surface area contributed by atoms with Crippen LogP contribution in [-0.2, 0) is 19.4 Å². The number of pyridine rings is 1. The van der Waals surface area contributed by atoms with Gasteiger partial charge in [-0.1, -0.05) is 18.2 Å². The van der Waals surface area contributed by atoms with Crippen molar-refractivity contribution in [2.24, 2.45) is 0 Å². The number of hydrogen-bond donors (Lipinski definition) is 1. The van der Waals surface area contributed by atoms with E-state index in [1.807, 2.05) is 35.2 Å². The number of fused-ring (bicyclic) bond motifs is 1. The largest absolute Gasteiger partial charge is 0.361 e. The molecule has 2 heterocycles. The zero-order chi connectivity index (χ0) is 18.6. The highest BCUT2D eigenvalue weighted by Crippen LogP contribution is 2.19. The zero-order valence-corrected chi connectivity index (χ0v) is 14.9. The number of hydrogen-bond acceptors (Lipinski definition) is 1. The van der Waals surface area contributed by atoms with E-state index in [2.05, 4.69) is 29.4 Å². The standard InChI is InChI=1S/C23H20FN2O/c24-20-9-7-18(8-10-20)23(27)16-26-13-11-17(12-14-26)5-6-19-15-25-22-4-2-1-3-21(19)22/h1-4,7-15,25H,5-6,16H2/q+1. The number of aromatic amines is 1. The summed E-state index contributed by atoms with van der Waals surface area (Å²) in [5.74, 6) is -0.370. The van der Waals surface area contributed by atoms with Gasteiger partial charge >= 0.3 is 0 Å². The third-order valence-electron chi connectivity index (χ3n) is 4.81. The first-order valence-corrected chi connectivity index (χ1v) is 9.01. The van der Waals surface area contributed by atoms with Gasteiger partial charge in [0.2, 0.25) is 12.3 Å². The number of Topliss-reactive ketones (excluding diaryl/α,β-unsaturated/α-hetero) is 1. The maximum Gasteiger partial charge on any atom is 0.227 e. The molecule has 0 spiro atoms. The van der Waals surface area contributed by atoms with Gasteiger partial charge in [-0.2, -0.15) is 4.57 Å². The van der Waals surface area contributed by atoms with E-state index in [0.29, 0.717) is 5.56 Å². The summed E-state index contributed by atoms with van der Waals surface area (Å²) >= 11 is 0. The molecule has 0 aliphatic heterocycles. The molecular formula is C23H20FN2O+. The second kappa shape index (κ2) is 7.54. The Labute approximate surface area is 157 Å². The van der Waals surface area contributed by atoms with Crippen molar-refractivity contribution in [2.75, 3.05) is 0 Å². The molecule has 0 aliphatic carbocycles. The van der Waals surface area contributed by atoms with Gasteiger partial charge in [-0.05, 0) is 54.3 Å². The lowest BCUT2D eigenvalue weighted by atomic mass is 10.0. The number of nitrogens with zero attached hydrogens (tertiary/aromatic N) is 1. The predicted molar refractivity (Wildman–Crippen MR) is 103 cm³/mol. The van der Waals surface area contributed by atoms with Crippen molar-refractivity contribution in [1.82, 2.24) is 4.98 Å². The van der Waals surface area contributed by atoms with Crippen molar-refractivity contribution in [1.29, 1.82) is 0 Å². The van der Waals surface area contributed by atoms with Crippen LogP contribution in [0.15, 0.2) is 79.3 Å². The van der Waals surface area contributed by atoms with Gasteiger partial charge in [-0.3, -0.25) is 4.79 Å². The highest BCUT2D eigenvalue weighted by molar-refractivity contribution is 5.94. The van der Waals surface area contributed by atoms with E-state index < -0.39 is 0 Å². The lowest BCUT2D eigenvalue weighted by Crippen LogP contribution is -2.37. The van der Waals surface area contributed by atoms with Crippen LogP contribution in [0.5, 0.6) is 0 Å². The lowest BCUT2D eigenvalue weighted by molar-refractivity contribution is -0.683. The Morgan fingerprint density at radius 3 is 2.44 bits per heavy atom. The van der Waals surface area contributed by atoms with Crippen LogP contribution in [0.1, 0.15) is 21.5 Å². The number of para-hydroxylation sites is 1. The molecule has 0 aliphatic rings. The van der Waals surface area contributed by atoms with E-state index in [1.54, 1.807) is 0 Å². The topological polar surface area (TPSA) is 36.7 Å². The second-order valence-electron chi connectivity index (χ2n) is 6.67. The molecule has 4 rings (SSSR count). The minimum atomic E-state index is -0.334. The number of ketones is 1. The number of H-pyrrole nitrogens is 1. The molecule has 0 saturated heterocycles. The maximum atomic E-state index is 13.0. The molecule has 4 aromatic rings. The van der Waals surface area contributed by atoms with Crippen LogP contribution in [0.2, 0.25) is 0 Å². The third-order valence-corrected chi connectivity index (χ3v) is 4.81. The SMILES string of the molecule is O=C(C[n+]1ccc(CCc2c[nH]c3ccccc23)cc1)c1ccc(F)cc1. The first-order chi connectivity index (χ1) is 13.2. The van der Waals surface area contributed by atoms with Crippen molar-refractivity contribution in [2.45, 2.75) is 19.4 Å². The fourth-order valence-electron chi connectivity index (χ4n) is 3.27. The highest BCUT2D eigenvalue weighted by atomic mass is 19.1. The average Bonchev–Trinajstić information content (AvgIpc) is 3.11. The molecule has 2 aromatic carbocycles. The molecule has 0 fully saturated rings. The summed E-state index contributed by atoms with van der Waals surface area (Å²) in [6, 6.07) is 18.1. The van der Waals surface area contributed by atoms with Crippen LogP contribution in [0.4, 0.5) is 4.39 Å².